The van der Waals surface area contributed by atoms with Gasteiger partial charge in [0.25, 0.3) is 10.0 Å². The molecule has 1 unspecified atom stereocenters. The van der Waals surface area contributed by atoms with Crippen LogP contribution in [0.3, 0.4) is 0 Å². The highest BCUT2D eigenvalue weighted by molar-refractivity contribution is 7.92. The van der Waals surface area contributed by atoms with Crippen molar-refractivity contribution < 1.29 is 18.0 Å². The van der Waals surface area contributed by atoms with Gasteiger partial charge in [0.1, 0.15) is 12.6 Å². The number of nitrogens with zero attached hydrogens (tertiary/aromatic N) is 2. The van der Waals surface area contributed by atoms with Crippen molar-refractivity contribution in [2.45, 2.75) is 51.1 Å². The third-order valence-corrected chi connectivity index (χ3v) is 8.26. The van der Waals surface area contributed by atoms with Gasteiger partial charge in [-0.2, -0.15) is 0 Å². The molecule has 0 heterocycles. The molecule has 202 valence electrons. The highest BCUT2D eigenvalue weighted by Gasteiger charge is 2.33. The summed E-state index contributed by atoms with van der Waals surface area (Å²) in [4.78, 5) is 28.3. The Morgan fingerprint density at radius 2 is 1.66 bits per heavy atom. The van der Waals surface area contributed by atoms with Crippen LogP contribution in [0, 0.1) is 6.92 Å². The lowest BCUT2D eigenvalue weighted by atomic mass is 10.1. The molecule has 0 aliphatic carbocycles. The van der Waals surface area contributed by atoms with Crippen molar-refractivity contribution in [3.05, 3.63) is 95.0 Å². The van der Waals surface area contributed by atoms with Crippen molar-refractivity contribution in [1.82, 2.24) is 10.2 Å². The van der Waals surface area contributed by atoms with Gasteiger partial charge >= 0.3 is 0 Å². The number of carbonyl (C=O) groups is 2. The summed E-state index contributed by atoms with van der Waals surface area (Å²) in [6, 6.07) is 21.2. The fourth-order valence-electron chi connectivity index (χ4n) is 4.01. The first kappa shape index (κ1) is 29.2. The monoisotopic (exact) mass is 555 g/mol. The van der Waals surface area contributed by atoms with E-state index in [-0.39, 0.29) is 28.1 Å². The van der Waals surface area contributed by atoms with Crippen molar-refractivity contribution in [3.63, 3.8) is 0 Å². The Labute approximate surface area is 230 Å². The van der Waals surface area contributed by atoms with Crippen LogP contribution in [0.4, 0.5) is 5.69 Å². The Kier molecular flexibility index (Phi) is 10.3. The summed E-state index contributed by atoms with van der Waals surface area (Å²) in [6.45, 7) is 5.74. The Morgan fingerprint density at radius 1 is 0.974 bits per heavy atom. The van der Waals surface area contributed by atoms with Crippen LogP contribution >= 0.6 is 11.6 Å². The van der Waals surface area contributed by atoms with Gasteiger partial charge in [-0.05, 0) is 50.1 Å². The van der Waals surface area contributed by atoms with Crippen LogP contribution in [-0.4, -0.2) is 44.3 Å². The molecule has 0 aliphatic rings. The second-order valence-electron chi connectivity index (χ2n) is 9.11. The van der Waals surface area contributed by atoms with Crippen molar-refractivity contribution >= 4 is 39.1 Å². The van der Waals surface area contributed by atoms with Crippen molar-refractivity contribution in [3.8, 4) is 0 Å². The number of sulfonamides is 1. The van der Waals surface area contributed by atoms with E-state index in [9.17, 15) is 18.0 Å². The topological polar surface area (TPSA) is 86.8 Å². The Balaban J connectivity index is 2.00. The van der Waals surface area contributed by atoms with Crippen LogP contribution in [0.1, 0.15) is 37.8 Å². The number of unbranched alkanes of at least 4 members (excludes halogenated alkanes) is 1. The molecule has 3 rings (SSSR count). The first-order valence-corrected chi connectivity index (χ1v) is 14.4. The molecule has 0 radical (unpaired) electrons. The van der Waals surface area contributed by atoms with E-state index in [1.54, 1.807) is 49.4 Å². The predicted octanol–water partition coefficient (Wildman–Crippen LogP) is 5.18. The molecule has 0 saturated heterocycles. The van der Waals surface area contributed by atoms with Crippen LogP contribution in [-0.2, 0) is 26.2 Å². The SMILES string of the molecule is CCCCNC(=O)C(C)N(Cc1cccc(C)c1)C(=O)CN(c1ccccc1Cl)S(=O)(=O)c1ccccc1. The van der Waals surface area contributed by atoms with Crippen molar-refractivity contribution in [2.75, 3.05) is 17.4 Å². The molecule has 0 spiro atoms. The van der Waals surface area contributed by atoms with Gasteiger partial charge in [-0.3, -0.25) is 13.9 Å². The van der Waals surface area contributed by atoms with Gasteiger partial charge in [-0.25, -0.2) is 8.42 Å². The third-order valence-electron chi connectivity index (χ3n) is 6.16. The minimum absolute atomic E-state index is 0.0308. The summed E-state index contributed by atoms with van der Waals surface area (Å²) in [5.41, 5.74) is 2.03. The summed E-state index contributed by atoms with van der Waals surface area (Å²) in [7, 11) is -4.15. The van der Waals surface area contributed by atoms with E-state index in [1.165, 1.54) is 17.0 Å². The zero-order valence-corrected chi connectivity index (χ0v) is 23.5. The number of aryl methyl sites for hydroxylation is 1. The van der Waals surface area contributed by atoms with Crippen LogP contribution < -0.4 is 9.62 Å². The van der Waals surface area contributed by atoms with Gasteiger partial charge in [-0.15, -0.1) is 0 Å². The normalized spacial score (nSPS) is 12.0. The predicted molar refractivity (Wildman–Crippen MR) is 152 cm³/mol. The first-order chi connectivity index (χ1) is 18.1. The fourth-order valence-corrected chi connectivity index (χ4v) is 5.75. The lowest BCUT2D eigenvalue weighted by Crippen LogP contribution is -2.51. The van der Waals surface area contributed by atoms with Gasteiger partial charge in [0.05, 0.1) is 15.6 Å². The summed E-state index contributed by atoms with van der Waals surface area (Å²) in [6.07, 6.45) is 1.74. The minimum Gasteiger partial charge on any atom is -0.354 e. The van der Waals surface area contributed by atoms with E-state index in [0.717, 1.165) is 28.3 Å². The zero-order chi connectivity index (χ0) is 27.7. The number of para-hydroxylation sites is 1. The summed E-state index contributed by atoms with van der Waals surface area (Å²) in [5.74, 6) is -0.821. The molecule has 0 aromatic heterocycles. The van der Waals surface area contributed by atoms with Gasteiger partial charge in [0.15, 0.2) is 0 Å². The summed E-state index contributed by atoms with van der Waals surface area (Å²) < 4.78 is 28.5. The third kappa shape index (κ3) is 7.36. The summed E-state index contributed by atoms with van der Waals surface area (Å²) >= 11 is 6.41. The maximum Gasteiger partial charge on any atom is 0.264 e. The standard InChI is InChI=1S/C29H34ClN3O4S/c1-4-5-18-31-29(35)23(3)32(20-24-13-11-12-22(2)19-24)28(34)21-33(27-17-10-9-16-26(27)30)38(36,37)25-14-7-6-8-15-25/h6-17,19,23H,4-5,18,20-21H2,1-3H3,(H,31,35). The number of hydrogen-bond acceptors (Lipinski definition) is 4. The second-order valence-corrected chi connectivity index (χ2v) is 11.4. The number of benzene rings is 3. The number of amides is 2. The zero-order valence-electron chi connectivity index (χ0n) is 21.9. The highest BCUT2D eigenvalue weighted by Crippen LogP contribution is 2.30. The Morgan fingerprint density at radius 3 is 2.32 bits per heavy atom. The maximum atomic E-state index is 13.9. The van der Waals surface area contributed by atoms with Crippen LogP contribution in [0.25, 0.3) is 0 Å². The summed E-state index contributed by atoms with van der Waals surface area (Å²) in [5, 5.41) is 3.07. The van der Waals surface area contributed by atoms with E-state index in [4.69, 9.17) is 11.6 Å². The molecule has 0 aliphatic heterocycles. The van der Waals surface area contributed by atoms with E-state index >= 15 is 0 Å². The van der Waals surface area contributed by atoms with Crippen molar-refractivity contribution in [2.24, 2.45) is 0 Å². The molecule has 0 saturated carbocycles. The van der Waals surface area contributed by atoms with Crippen LogP contribution in [0.5, 0.6) is 0 Å². The second kappa shape index (κ2) is 13.4. The largest absolute Gasteiger partial charge is 0.354 e. The van der Waals surface area contributed by atoms with Crippen LogP contribution in [0.15, 0.2) is 83.8 Å². The van der Waals surface area contributed by atoms with Gasteiger partial charge < -0.3 is 10.2 Å². The molecular weight excluding hydrogens is 522 g/mol. The molecule has 0 bridgehead atoms. The molecule has 1 atom stereocenters. The lowest BCUT2D eigenvalue weighted by molar-refractivity contribution is -0.139. The molecular formula is C29H34ClN3O4S. The number of nitrogens with one attached hydrogen (secondary N) is 1. The molecule has 2 amide bonds. The molecule has 0 fully saturated rings. The molecule has 3 aromatic rings. The number of hydrogen-bond donors (Lipinski definition) is 1. The number of carbonyl (C=O) groups excluding carboxylic acids is 2. The fraction of sp³-hybridized carbons (Fsp3) is 0.310. The maximum absolute atomic E-state index is 13.9. The van der Waals surface area contributed by atoms with E-state index in [1.807, 2.05) is 38.1 Å². The number of halogens is 1. The number of rotatable bonds is 12. The van der Waals surface area contributed by atoms with E-state index < -0.39 is 28.5 Å². The highest BCUT2D eigenvalue weighted by atomic mass is 35.5. The quantitative estimate of drug-likeness (QED) is 0.312. The Bertz CT molecular complexity index is 1350. The lowest BCUT2D eigenvalue weighted by Gasteiger charge is -2.32. The van der Waals surface area contributed by atoms with Gasteiger partial charge in [0, 0.05) is 13.1 Å². The molecule has 38 heavy (non-hydrogen) atoms. The Hall–Kier alpha value is -3.36. The smallest absolute Gasteiger partial charge is 0.264 e. The van der Waals surface area contributed by atoms with Gasteiger partial charge in [0.2, 0.25) is 11.8 Å². The molecule has 7 nitrogen and oxygen atoms in total. The molecule has 3 aromatic carbocycles. The number of anilines is 1. The first-order valence-electron chi connectivity index (χ1n) is 12.6. The van der Waals surface area contributed by atoms with Gasteiger partial charge in [-0.1, -0.05) is 85.1 Å². The average Bonchev–Trinajstić information content (AvgIpc) is 2.91. The molecule has 9 heteroatoms. The minimum atomic E-state index is -4.15. The average molecular weight is 556 g/mol. The van der Waals surface area contributed by atoms with E-state index in [2.05, 4.69) is 5.32 Å². The van der Waals surface area contributed by atoms with Crippen molar-refractivity contribution in [1.29, 1.82) is 0 Å². The van der Waals surface area contributed by atoms with Crippen LogP contribution in [0.2, 0.25) is 5.02 Å². The molecule has 1 N–H and O–H groups in total. The van der Waals surface area contributed by atoms with E-state index in [0.29, 0.717) is 6.54 Å².